The zero-order valence-corrected chi connectivity index (χ0v) is 18.9. The highest BCUT2D eigenvalue weighted by Gasteiger charge is 2.35. The first-order valence-corrected chi connectivity index (χ1v) is 11.4. The highest BCUT2D eigenvalue weighted by molar-refractivity contribution is 9.10. The predicted octanol–water partition coefficient (Wildman–Crippen LogP) is 3.91. The Hall–Kier alpha value is -2.15. The molecule has 30 heavy (non-hydrogen) atoms. The van der Waals surface area contributed by atoms with Crippen molar-refractivity contribution in [2.75, 3.05) is 13.2 Å². The summed E-state index contributed by atoms with van der Waals surface area (Å²) in [6, 6.07) is 7.16. The van der Waals surface area contributed by atoms with Crippen LogP contribution in [0.15, 0.2) is 40.9 Å². The van der Waals surface area contributed by atoms with E-state index >= 15 is 0 Å². The molecule has 2 aliphatic rings. The van der Waals surface area contributed by atoms with Crippen molar-refractivity contribution in [2.24, 2.45) is 5.92 Å². The fraction of sp³-hybridized carbons (Fsp3) is 0.522. The molecular weight excluding hydrogens is 448 g/mol. The van der Waals surface area contributed by atoms with E-state index in [1.54, 1.807) is 4.90 Å². The first-order chi connectivity index (χ1) is 14.5. The first kappa shape index (κ1) is 22.5. The van der Waals surface area contributed by atoms with Gasteiger partial charge in [0, 0.05) is 17.4 Å². The molecule has 3 rings (SSSR count). The average Bonchev–Trinajstić information content (AvgIpc) is 3.21. The maximum absolute atomic E-state index is 13.2. The van der Waals surface area contributed by atoms with Crippen LogP contribution < -0.4 is 5.32 Å². The Bertz CT molecular complexity index is 793. The van der Waals surface area contributed by atoms with Crippen molar-refractivity contribution in [1.82, 2.24) is 10.2 Å². The van der Waals surface area contributed by atoms with Crippen molar-refractivity contribution >= 4 is 33.7 Å². The summed E-state index contributed by atoms with van der Waals surface area (Å²) in [5.74, 6) is -0.429. The molecule has 1 aromatic carbocycles. The standard InChI is InChI=1S/C23H29BrN2O4/c1-16-6-4-9-21(28)30-15-3-2-8-20(27)26-14-5-7-19(26)23(29)25-22(16)17-10-12-18(24)13-11-17/h4,6,10-13,16,19,22H,2-3,5,7-9,14-15H2,1H3,(H,25,29)/b6-4+/t16-,19+,22+/m0/s1. The fourth-order valence-corrected chi connectivity index (χ4v) is 4.30. The summed E-state index contributed by atoms with van der Waals surface area (Å²) in [5.41, 5.74) is 0.975. The minimum Gasteiger partial charge on any atom is -0.465 e. The van der Waals surface area contributed by atoms with Crippen molar-refractivity contribution in [1.29, 1.82) is 0 Å². The van der Waals surface area contributed by atoms with E-state index in [0.29, 0.717) is 38.8 Å². The summed E-state index contributed by atoms with van der Waals surface area (Å²) in [6.45, 7) is 2.95. The topological polar surface area (TPSA) is 75.7 Å². The SMILES string of the molecule is C[C@H]1/C=C/CC(=O)OCCCCC(=O)N2CCC[C@@H]2C(=O)N[C@H]1c1ccc(Br)cc1. The summed E-state index contributed by atoms with van der Waals surface area (Å²) < 4.78 is 6.21. The van der Waals surface area contributed by atoms with Gasteiger partial charge in [-0.2, -0.15) is 0 Å². The number of cyclic esters (lactones) is 1. The quantitative estimate of drug-likeness (QED) is 0.492. The van der Waals surface area contributed by atoms with Gasteiger partial charge in [0.1, 0.15) is 6.04 Å². The average molecular weight is 477 g/mol. The molecule has 6 nitrogen and oxygen atoms in total. The smallest absolute Gasteiger partial charge is 0.309 e. The van der Waals surface area contributed by atoms with E-state index < -0.39 is 6.04 Å². The van der Waals surface area contributed by atoms with Gasteiger partial charge in [0.2, 0.25) is 11.8 Å². The lowest BCUT2D eigenvalue weighted by Crippen LogP contribution is -2.47. The number of halogens is 1. The number of nitrogens with one attached hydrogen (secondary N) is 1. The van der Waals surface area contributed by atoms with Crippen LogP contribution in [0.3, 0.4) is 0 Å². The van der Waals surface area contributed by atoms with Crippen LogP contribution >= 0.6 is 15.9 Å². The summed E-state index contributed by atoms with van der Waals surface area (Å²) >= 11 is 3.45. The molecule has 1 N–H and O–H groups in total. The van der Waals surface area contributed by atoms with Gasteiger partial charge >= 0.3 is 5.97 Å². The van der Waals surface area contributed by atoms with Crippen molar-refractivity contribution in [3.63, 3.8) is 0 Å². The number of fused-ring (bicyclic) bond motifs is 1. The van der Waals surface area contributed by atoms with Crippen LogP contribution in [0.2, 0.25) is 0 Å². The summed E-state index contributed by atoms with van der Waals surface area (Å²) in [6.07, 6.45) is 7.13. The molecule has 162 valence electrons. The van der Waals surface area contributed by atoms with E-state index in [1.807, 2.05) is 43.3 Å². The third kappa shape index (κ3) is 5.94. The Morgan fingerprint density at radius 3 is 2.63 bits per heavy atom. The number of hydrogen-bond acceptors (Lipinski definition) is 4. The number of hydrogen-bond donors (Lipinski definition) is 1. The van der Waals surface area contributed by atoms with Crippen LogP contribution in [-0.2, 0) is 19.1 Å². The van der Waals surface area contributed by atoms with E-state index in [-0.39, 0.29) is 36.2 Å². The van der Waals surface area contributed by atoms with Gasteiger partial charge in [0.05, 0.1) is 19.1 Å². The third-order valence-electron chi connectivity index (χ3n) is 5.70. The lowest BCUT2D eigenvalue weighted by molar-refractivity contribution is -0.142. The van der Waals surface area contributed by atoms with Gasteiger partial charge < -0.3 is 15.0 Å². The molecule has 0 bridgehead atoms. The molecule has 2 amide bonds. The van der Waals surface area contributed by atoms with E-state index in [9.17, 15) is 14.4 Å². The van der Waals surface area contributed by atoms with Crippen LogP contribution in [0.1, 0.15) is 57.1 Å². The van der Waals surface area contributed by atoms with Crippen LogP contribution in [0.5, 0.6) is 0 Å². The van der Waals surface area contributed by atoms with Gasteiger partial charge in [-0.25, -0.2) is 0 Å². The predicted molar refractivity (Wildman–Crippen MR) is 117 cm³/mol. The van der Waals surface area contributed by atoms with Gasteiger partial charge in [-0.05, 0) is 49.3 Å². The molecule has 7 heteroatoms. The molecule has 1 aromatic rings. The fourth-order valence-electron chi connectivity index (χ4n) is 4.03. The highest BCUT2D eigenvalue weighted by atomic mass is 79.9. The molecule has 0 spiro atoms. The minimum absolute atomic E-state index is 0.000735. The second-order valence-corrected chi connectivity index (χ2v) is 8.87. The van der Waals surface area contributed by atoms with Crippen LogP contribution in [0.25, 0.3) is 0 Å². The number of nitrogens with zero attached hydrogens (tertiary/aromatic N) is 1. The number of ether oxygens (including phenoxy) is 1. The molecule has 2 heterocycles. The Morgan fingerprint density at radius 1 is 1.10 bits per heavy atom. The largest absolute Gasteiger partial charge is 0.465 e. The van der Waals surface area contributed by atoms with Gasteiger partial charge in [-0.3, -0.25) is 14.4 Å². The lowest BCUT2D eigenvalue weighted by atomic mass is 9.93. The number of esters is 1. The van der Waals surface area contributed by atoms with Crippen molar-refractivity contribution in [3.05, 3.63) is 46.5 Å². The van der Waals surface area contributed by atoms with Gasteiger partial charge in [-0.1, -0.05) is 47.1 Å². The molecule has 0 saturated carbocycles. The minimum atomic E-state index is -0.419. The maximum Gasteiger partial charge on any atom is 0.309 e. The summed E-state index contributed by atoms with van der Waals surface area (Å²) in [5, 5.41) is 3.17. The van der Waals surface area contributed by atoms with E-state index in [0.717, 1.165) is 16.5 Å². The van der Waals surface area contributed by atoms with E-state index in [1.165, 1.54) is 0 Å². The Morgan fingerprint density at radius 2 is 1.87 bits per heavy atom. The number of carbonyl (C=O) groups excluding carboxylic acids is 3. The van der Waals surface area contributed by atoms with Crippen LogP contribution in [-0.4, -0.2) is 41.9 Å². The number of benzene rings is 1. The Kier molecular flexibility index (Phi) is 8.08. The van der Waals surface area contributed by atoms with Crippen LogP contribution in [0, 0.1) is 5.92 Å². The van der Waals surface area contributed by atoms with Gasteiger partial charge in [-0.15, -0.1) is 0 Å². The number of carbonyl (C=O) groups is 3. The lowest BCUT2D eigenvalue weighted by Gasteiger charge is -2.29. The summed E-state index contributed by atoms with van der Waals surface area (Å²) in [4.78, 5) is 39.5. The second kappa shape index (κ2) is 10.8. The third-order valence-corrected chi connectivity index (χ3v) is 6.23. The Balaban J connectivity index is 1.85. The van der Waals surface area contributed by atoms with Crippen molar-refractivity contribution in [2.45, 2.75) is 57.5 Å². The molecule has 0 aliphatic carbocycles. The van der Waals surface area contributed by atoms with Crippen molar-refractivity contribution in [3.8, 4) is 0 Å². The monoisotopic (exact) mass is 476 g/mol. The summed E-state index contributed by atoms with van der Waals surface area (Å²) in [7, 11) is 0. The van der Waals surface area contributed by atoms with Crippen molar-refractivity contribution < 1.29 is 19.1 Å². The normalized spacial score (nSPS) is 27.9. The van der Waals surface area contributed by atoms with E-state index in [4.69, 9.17) is 4.74 Å². The van der Waals surface area contributed by atoms with Crippen LogP contribution in [0.4, 0.5) is 0 Å². The first-order valence-electron chi connectivity index (χ1n) is 10.6. The molecular formula is C23H29BrN2O4. The molecule has 0 unspecified atom stereocenters. The van der Waals surface area contributed by atoms with Gasteiger partial charge in [0.15, 0.2) is 0 Å². The molecule has 3 atom stereocenters. The molecule has 1 fully saturated rings. The number of rotatable bonds is 1. The molecule has 1 saturated heterocycles. The highest BCUT2D eigenvalue weighted by Crippen LogP contribution is 2.27. The zero-order valence-electron chi connectivity index (χ0n) is 17.3. The molecule has 0 radical (unpaired) electrons. The number of amides is 2. The van der Waals surface area contributed by atoms with E-state index in [2.05, 4.69) is 21.2 Å². The maximum atomic E-state index is 13.2. The molecule has 0 aromatic heterocycles. The molecule has 2 aliphatic heterocycles. The second-order valence-electron chi connectivity index (χ2n) is 7.95. The van der Waals surface area contributed by atoms with Gasteiger partial charge in [0.25, 0.3) is 0 Å². The zero-order chi connectivity index (χ0) is 21.5. The Labute approximate surface area is 186 Å².